The van der Waals surface area contributed by atoms with Crippen LogP contribution in [0.2, 0.25) is 0 Å². The minimum Gasteiger partial charge on any atom is -0.504 e. The maximum atomic E-state index is 11.9. The minimum absolute atomic E-state index is 0.00198. The van der Waals surface area contributed by atoms with Gasteiger partial charge in [0.2, 0.25) is 0 Å². The van der Waals surface area contributed by atoms with Crippen LogP contribution in [0.3, 0.4) is 0 Å². The van der Waals surface area contributed by atoms with Crippen molar-refractivity contribution in [3.05, 3.63) is 53.6 Å². The molecule has 0 heterocycles. The second-order valence-corrected chi connectivity index (χ2v) is 4.86. The van der Waals surface area contributed by atoms with Gasteiger partial charge in [0.05, 0.1) is 19.8 Å². The topological polar surface area (TPSA) is 102 Å². The average molecular weight is 344 g/mol. The van der Waals surface area contributed by atoms with Gasteiger partial charge in [-0.25, -0.2) is 9.59 Å². The van der Waals surface area contributed by atoms with Crippen molar-refractivity contribution >= 4 is 18.0 Å². The van der Waals surface area contributed by atoms with E-state index < -0.39 is 11.9 Å². The smallest absolute Gasteiger partial charge is 0.346 e. The zero-order chi connectivity index (χ0) is 18.4. The normalized spacial score (nSPS) is 10.5. The summed E-state index contributed by atoms with van der Waals surface area (Å²) in [6.45, 7) is 0. The largest absolute Gasteiger partial charge is 0.504 e. The van der Waals surface area contributed by atoms with Crippen molar-refractivity contribution in [2.24, 2.45) is 0 Å². The molecule has 0 aliphatic carbocycles. The Hall–Kier alpha value is -3.48. The van der Waals surface area contributed by atoms with Crippen LogP contribution in [-0.2, 0) is 9.53 Å². The molecule has 0 amide bonds. The van der Waals surface area contributed by atoms with Crippen LogP contribution in [0.25, 0.3) is 6.08 Å². The number of benzene rings is 2. The lowest BCUT2D eigenvalue weighted by molar-refractivity contribution is -0.132. The first-order valence-corrected chi connectivity index (χ1v) is 7.13. The Kier molecular flexibility index (Phi) is 5.62. The van der Waals surface area contributed by atoms with Gasteiger partial charge in [-0.2, -0.15) is 0 Å². The molecular formula is C18H16O7. The van der Waals surface area contributed by atoms with E-state index in [0.29, 0.717) is 11.3 Å². The van der Waals surface area contributed by atoms with Crippen molar-refractivity contribution in [2.45, 2.75) is 0 Å². The van der Waals surface area contributed by atoms with Gasteiger partial charge < -0.3 is 24.4 Å². The Balaban J connectivity index is 2.03. The summed E-state index contributed by atoms with van der Waals surface area (Å²) < 4.78 is 14.4. The van der Waals surface area contributed by atoms with E-state index in [9.17, 15) is 19.8 Å². The number of methoxy groups -OCH3 is 2. The third-order valence-electron chi connectivity index (χ3n) is 3.22. The van der Waals surface area contributed by atoms with E-state index in [1.807, 2.05) is 0 Å². The maximum Gasteiger partial charge on any atom is 0.346 e. The number of rotatable bonds is 5. The Morgan fingerprint density at radius 2 is 1.52 bits per heavy atom. The SMILES string of the molecule is COc1ccc(/C=C/C(=O)OC(=O)c2ccc(OC)c(O)c2)cc1O. The number of phenols is 2. The van der Waals surface area contributed by atoms with Crippen LogP contribution in [0.15, 0.2) is 42.5 Å². The van der Waals surface area contributed by atoms with Gasteiger partial charge in [0, 0.05) is 6.08 Å². The average Bonchev–Trinajstić information content (AvgIpc) is 2.60. The van der Waals surface area contributed by atoms with Gasteiger partial charge in [-0.15, -0.1) is 0 Å². The van der Waals surface area contributed by atoms with Crippen molar-refractivity contribution in [3.8, 4) is 23.0 Å². The van der Waals surface area contributed by atoms with E-state index in [1.165, 1.54) is 44.6 Å². The number of hydrogen-bond donors (Lipinski definition) is 2. The molecule has 0 radical (unpaired) electrons. The second-order valence-electron chi connectivity index (χ2n) is 4.86. The van der Waals surface area contributed by atoms with Crippen LogP contribution in [0, 0.1) is 0 Å². The van der Waals surface area contributed by atoms with E-state index >= 15 is 0 Å². The molecule has 2 aromatic carbocycles. The molecule has 0 aromatic heterocycles. The summed E-state index contributed by atoms with van der Waals surface area (Å²) in [5.41, 5.74) is 0.520. The van der Waals surface area contributed by atoms with Crippen LogP contribution < -0.4 is 9.47 Å². The van der Waals surface area contributed by atoms with Crippen LogP contribution >= 0.6 is 0 Å². The molecule has 0 bridgehead atoms. The van der Waals surface area contributed by atoms with Crippen LogP contribution in [0.4, 0.5) is 0 Å². The predicted octanol–water partition coefficient (Wildman–Crippen LogP) is 2.51. The zero-order valence-electron chi connectivity index (χ0n) is 13.6. The van der Waals surface area contributed by atoms with Crippen molar-refractivity contribution in [2.75, 3.05) is 14.2 Å². The van der Waals surface area contributed by atoms with Crippen molar-refractivity contribution in [1.82, 2.24) is 0 Å². The third-order valence-corrected chi connectivity index (χ3v) is 3.22. The van der Waals surface area contributed by atoms with E-state index in [-0.39, 0.29) is 22.8 Å². The number of ether oxygens (including phenoxy) is 3. The number of aromatic hydroxyl groups is 2. The Morgan fingerprint density at radius 3 is 2.08 bits per heavy atom. The van der Waals surface area contributed by atoms with Gasteiger partial charge in [-0.3, -0.25) is 0 Å². The highest BCUT2D eigenvalue weighted by atomic mass is 16.6. The highest BCUT2D eigenvalue weighted by Gasteiger charge is 2.13. The van der Waals surface area contributed by atoms with Gasteiger partial charge in [0.1, 0.15) is 0 Å². The number of phenolic OH excluding ortho intramolecular Hbond substituents is 2. The van der Waals surface area contributed by atoms with Crippen LogP contribution in [0.1, 0.15) is 15.9 Å². The fourth-order valence-electron chi connectivity index (χ4n) is 1.98. The molecule has 7 nitrogen and oxygen atoms in total. The lowest BCUT2D eigenvalue weighted by Gasteiger charge is -2.05. The molecule has 0 atom stereocenters. The van der Waals surface area contributed by atoms with Crippen molar-refractivity contribution < 1.29 is 34.0 Å². The van der Waals surface area contributed by atoms with Crippen molar-refractivity contribution in [1.29, 1.82) is 0 Å². The second kappa shape index (κ2) is 7.87. The molecule has 0 unspecified atom stereocenters. The highest BCUT2D eigenvalue weighted by Crippen LogP contribution is 2.27. The molecule has 0 saturated heterocycles. The quantitative estimate of drug-likeness (QED) is 0.488. The molecule has 0 fully saturated rings. The molecule has 25 heavy (non-hydrogen) atoms. The minimum atomic E-state index is -0.912. The number of esters is 2. The molecule has 2 N–H and O–H groups in total. The van der Waals surface area contributed by atoms with Crippen LogP contribution in [0.5, 0.6) is 23.0 Å². The third kappa shape index (κ3) is 4.51. The van der Waals surface area contributed by atoms with E-state index in [1.54, 1.807) is 6.07 Å². The van der Waals surface area contributed by atoms with Gasteiger partial charge in [0.15, 0.2) is 23.0 Å². The summed E-state index contributed by atoms with van der Waals surface area (Å²) in [7, 11) is 2.79. The van der Waals surface area contributed by atoms with E-state index in [2.05, 4.69) is 4.74 Å². The maximum absolute atomic E-state index is 11.9. The Morgan fingerprint density at radius 1 is 0.920 bits per heavy atom. The Labute approximate surface area is 143 Å². The van der Waals surface area contributed by atoms with Crippen molar-refractivity contribution in [3.63, 3.8) is 0 Å². The first-order chi connectivity index (χ1) is 11.9. The number of carbonyl (C=O) groups excluding carboxylic acids is 2. The van der Waals surface area contributed by atoms with Crippen LogP contribution in [-0.4, -0.2) is 36.4 Å². The lowest BCUT2D eigenvalue weighted by atomic mass is 10.2. The molecule has 2 rings (SSSR count). The van der Waals surface area contributed by atoms with Gasteiger partial charge in [-0.05, 0) is 42.0 Å². The van der Waals surface area contributed by atoms with E-state index in [0.717, 1.165) is 12.1 Å². The van der Waals surface area contributed by atoms with Gasteiger partial charge in [-0.1, -0.05) is 6.07 Å². The lowest BCUT2D eigenvalue weighted by Crippen LogP contribution is -2.10. The standard InChI is InChI=1S/C18H16O7/c1-23-15-6-3-11(9-13(15)19)4-8-17(21)25-18(22)12-5-7-16(24-2)14(20)10-12/h3-10,19-20H,1-2H3/b8-4+. The first-order valence-electron chi connectivity index (χ1n) is 7.13. The van der Waals surface area contributed by atoms with E-state index in [4.69, 9.17) is 9.47 Å². The molecule has 2 aromatic rings. The fraction of sp³-hybridized carbons (Fsp3) is 0.111. The zero-order valence-corrected chi connectivity index (χ0v) is 13.6. The molecule has 0 saturated carbocycles. The summed E-state index contributed by atoms with van der Waals surface area (Å²) in [6.07, 6.45) is 2.42. The molecule has 7 heteroatoms. The summed E-state index contributed by atoms with van der Waals surface area (Å²) in [5, 5.41) is 19.3. The fourth-order valence-corrected chi connectivity index (χ4v) is 1.98. The summed E-state index contributed by atoms with van der Waals surface area (Å²) >= 11 is 0. The molecular weight excluding hydrogens is 328 g/mol. The number of hydrogen-bond acceptors (Lipinski definition) is 7. The molecule has 0 spiro atoms. The molecule has 0 aliphatic rings. The predicted molar refractivity (Wildman–Crippen MR) is 88.8 cm³/mol. The summed E-state index contributed by atoms with van der Waals surface area (Å²) in [6, 6.07) is 8.43. The Bertz CT molecular complexity index is 824. The summed E-state index contributed by atoms with van der Waals surface area (Å²) in [4.78, 5) is 23.6. The number of carbonyl (C=O) groups is 2. The highest BCUT2D eigenvalue weighted by molar-refractivity contribution is 6.01. The van der Waals surface area contributed by atoms with Gasteiger partial charge >= 0.3 is 11.9 Å². The monoisotopic (exact) mass is 344 g/mol. The molecule has 0 aliphatic heterocycles. The molecule has 130 valence electrons. The van der Waals surface area contributed by atoms with Gasteiger partial charge in [0.25, 0.3) is 0 Å². The summed E-state index contributed by atoms with van der Waals surface area (Å²) in [5.74, 6) is -1.63. The first kappa shape index (κ1) is 17.9.